The number of nitrogens with two attached hydrogens (primary N) is 1. The SMILES string of the molecule is N[C@@H](CC(=O)O)Cc1ccccc1OCc1ccccc1. The lowest BCUT2D eigenvalue weighted by atomic mass is 10.0. The quantitative estimate of drug-likeness (QED) is 0.820. The second kappa shape index (κ2) is 7.45. The van der Waals surface area contributed by atoms with Crippen molar-refractivity contribution >= 4 is 5.97 Å². The van der Waals surface area contributed by atoms with Gasteiger partial charge >= 0.3 is 5.97 Å². The van der Waals surface area contributed by atoms with E-state index in [0.29, 0.717) is 13.0 Å². The smallest absolute Gasteiger partial charge is 0.304 e. The first kappa shape index (κ1) is 15.1. The molecule has 0 spiro atoms. The molecular formula is C17H19NO3. The molecule has 2 aromatic carbocycles. The molecule has 1 atom stereocenters. The minimum Gasteiger partial charge on any atom is -0.489 e. The van der Waals surface area contributed by atoms with Crippen molar-refractivity contribution in [3.8, 4) is 5.75 Å². The molecule has 0 fully saturated rings. The summed E-state index contributed by atoms with van der Waals surface area (Å²) in [6.45, 7) is 0.478. The Bertz CT molecular complexity index is 584. The van der Waals surface area contributed by atoms with Gasteiger partial charge in [-0.1, -0.05) is 48.5 Å². The second-order valence-electron chi connectivity index (χ2n) is 4.94. The summed E-state index contributed by atoms with van der Waals surface area (Å²) < 4.78 is 5.83. The summed E-state index contributed by atoms with van der Waals surface area (Å²) in [5, 5.41) is 8.77. The lowest BCUT2D eigenvalue weighted by Crippen LogP contribution is -2.26. The highest BCUT2D eigenvalue weighted by atomic mass is 16.5. The average molecular weight is 285 g/mol. The molecule has 2 aromatic rings. The minimum atomic E-state index is -0.884. The zero-order valence-electron chi connectivity index (χ0n) is 11.7. The lowest BCUT2D eigenvalue weighted by Gasteiger charge is -2.14. The zero-order chi connectivity index (χ0) is 15.1. The summed E-state index contributed by atoms with van der Waals surface area (Å²) in [5.41, 5.74) is 7.86. The van der Waals surface area contributed by atoms with Crippen LogP contribution in [-0.2, 0) is 17.8 Å². The highest BCUT2D eigenvalue weighted by Crippen LogP contribution is 2.21. The topological polar surface area (TPSA) is 72.6 Å². The molecule has 0 amide bonds. The van der Waals surface area contributed by atoms with E-state index in [1.807, 2.05) is 54.6 Å². The monoisotopic (exact) mass is 285 g/mol. The van der Waals surface area contributed by atoms with Crippen LogP contribution >= 0.6 is 0 Å². The molecule has 0 radical (unpaired) electrons. The lowest BCUT2D eigenvalue weighted by molar-refractivity contribution is -0.137. The van der Waals surface area contributed by atoms with Crippen LogP contribution in [0.15, 0.2) is 54.6 Å². The molecule has 0 heterocycles. The summed E-state index contributed by atoms with van der Waals surface area (Å²) in [4.78, 5) is 10.7. The van der Waals surface area contributed by atoms with Crippen LogP contribution < -0.4 is 10.5 Å². The van der Waals surface area contributed by atoms with Gasteiger partial charge < -0.3 is 15.6 Å². The van der Waals surface area contributed by atoms with Gasteiger partial charge in [-0.3, -0.25) is 4.79 Å². The van der Waals surface area contributed by atoms with E-state index in [4.69, 9.17) is 15.6 Å². The van der Waals surface area contributed by atoms with Gasteiger partial charge in [0, 0.05) is 6.04 Å². The molecule has 3 N–H and O–H groups in total. The van der Waals surface area contributed by atoms with Crippen LogP contribution in [0.2, 0.25) is 0 Å². The van der Waals surface area contributed by atoms with Gasteiger partial charge in [-0.2, -0.15) is 0 Å². The van der Waals surface area contributed by atoms with Crippen molar-refractivity contribution in [1.29, 1.82) is 0 Å². The van der Waals surface area contributed by atoms with Crippen molar-refractivity contribution in [3.63, 3.8) is 0 Å². The van der Waals surface area contributed by atoms with Gasteiger partial charge in [0.2, 0.25) is 0 Å². The number of hydrogen-bond donors (Lipinski definition) is 2. The Hall–Kier alpha value is -2.33. The van der Waals surface area contributed by atoms with Gasteiger partial charge in [0.25, 0.3) is 0 Å². The zero-order valence-corrected chi connectivity index (χ0v) is 11.7. The van der Waals surface area contributed by atoms with E-state index in [0.717, 1.165) is 16.9 Å². The normalized spacial score (nSPS) is 11.9. The van der Waals surface area contributed by atoms with Crippen molar-refractivity contribution < 1.29 is 14.6 Å². The number of carboxylic acid groups (broad SMARTS) is 1. The van der Waals surface area contributed by atoms with Crippen LogP contribution in [0.4, 0.5) is 0 Å². The number of hydrogen-bond acceptors (Lipinski definition) is 3. The van der Waals surface area contributed by atoms with Crippen LogP contribution in [0.1, 0.15) is 17.5 Å². The predicted octanol–water partition coefficient (Wildman–Crippen LogP) is 2.61. The van der Waals surface area contributed by atoms with Gasteiger partial charge in [-0.25, -0.2) is 0 Å². The number of carbonyl (C=O) groups is 1. The van der Waals surface area contributed by atoms with Gasteiger partial charge in [0.15, 0.2) is 0 Å². The Labute approximate surface area is 124 Å². The van der Waals surface area contributed by atoms with Crippen molar-refractivity contribution in [1.82, 2.24) is 0 Å². The third-order valence-electron chi connectivity index (χ3n) is 3.13. The van der Waals surface area contributed by atoms with Crippen molar-refractivity contribution in [3.05, 3.63) is 65.7 Å². The highest BCUT2D eigenvalue weighted by molar-refractivity contribution is 5.67. The summed E-state index contributed by atoms with van der Waals surface area (Å²) >= 11 is 0. The van der Waals surface area contributed by atoms with Crippen LogP contribution in [0.25, 0.3) is 0 Å². The Kier molecular flexibility index (Phi) is 5.35. The molecular weight excluding hydrogens is 266 g/mol. The maximum Gasteiger partial charge on any atom is 0.304 e. The Morgan fingerprint density at radius 2 is 1.76 bits per heavy atom. The minimum absolute atomic E-state index is 0.0486. The number of carboxylic acids is 1. The van der Waals surface area contributed by atoms with Crippen LogP contribution in [0.3, 0.4) is 0 Å². The van der Waals surface area contributed by atoms with Crippen molar-refractivity contribution in [2.24, 2.45) is 5.73 Å². The van der Waals surface area contributed by atoms with E-state index in [1.54, 1.807) is 0 Å². The standard InChI is InChI=1S/C17H19NO3/c18-15(11-17(19)20)10-14-8-4-5-9-16(14)21-12-13-6-2-1-3-7-13/h1-9,15H,10-12,18H2,(H,19,20)/t15-/m1/s1. The first-order chi connectivity index (χ1) is 10.1. The molecule has 0 unspecified atom stereocenters. The van der Waals surface area contributed by atoms with Gasteiger partial charge in [-0.05, 0) is 23.6 Å². The number of aliphatic carboxylic acids is 1. The maximum atomic E-state index is 10.7. The van der Waals surface area contributed by atoms with Crippen LogP contribution in [0.5, 0.6) is 5.75 Å². The molecule has 0 saturated heterocycles. The highest BCUT2D eigenvalue weighted by Gasteiger charge is 2.12. The molecule has 0 saturated carbocycles. The van der Waals surface area contributed by atoms with Gasteiger partial charge in [0.05, 0.1) is 6.42 Å². The Balaban J connectivity index is 2.01. The summed E-state index contributed by atoms with van der Waals surface area (Å²) in [7, 11) is 0. The number of benzene rings is 2. The molecule has 0 aliphatic heterocycles. The second-order valence-corrected chi connectivity index (χ2v) is 4.94. The third kappa shape index (κ3) is 4.93. The van der Waals surface area contributed by atoms with E-state index < -0.39 is 12.0 Å². The summed E-state index contributed by atoms with van der Waals surface area (Å²) in [6.07, 6.45) is 0.435. The molecule has 0 aromatic heterocycles. The van der Waals surface area contributed by atoms with Gasteiger partial charge in [0.1, 0.15) is 12.4 Å². The van der Waals surface area contributed by atoms with Crippen LogP contribution in [-0.4, -0.2) is 17.1 Å². The van der Waals surface area contributed by atoms with Crippen molar-refractivity contribution in [2.45, 2.75) is 25.5 Å². The summed E-state index contributed by atoms with van der Waals surface area (Å²) in [6, 6.07) is 17.1. The van der Waals surface area contributed by atoms with E-state index in [9.17, 15) is 4.79 Å². The molecule has 4 heteroatoms. The first-order valence-corrected chi connectivity index (χ1v) is 6.87. The first-order valence-electron chi connectivity index (χ1n) is 6.87. The molecule has 2 rings (SSSR count). The third-order valence-corrected chi connectivity index (χ3v) is 3.13. The number of rotatable bonds is 7. The number of para-hydroxylation sites is 1. The van der Waals surface area contributed by atoms with E-state index >= 15 is 0 Å². The fourth-order valence-electron chi connectivity index (χ4n) is 2.13. The fraction of sp³-hybridized carbons (Fsp3) is 0.235. The van der Waals surface area contributed by atoms with Crippen molar-refractivity contribution in [2.75, 3.05) is 0 Å². The largest absolute Gasteiger partial charge is 0.489 e. The average Bonchev–Trinajstić information content (AvgIpc) is 2.46. The fourth-order valence-corrected chi connectivity index (χ4v) is 2.13. The van der Waals surface area contributed by atoms with E-state index in [1.165, 1.54) is 0 Å². The van der Waals surface area contributed by atoms with Crippen LogP contribution in [0, 0.1) is 0 Å². The molecule has 0 aliphatic carbocycles. The molecule has 4 nitrogen and oxygen atoms in total. The summed E-state index contributed by atoms with van der Waals surface area (Å²) in [5.74, 6) is -0.132. The molecule has 21 heavy (non-hydrogen) atoms. The number of ether oxygens (including phenoxy) is 1. The molecule has 0 aliphatic rings. The van der Waals surface area contributed by atoms with Gasteiger partial charge in [-0.15, -0.1) is 0 Å². The molecule has 0 bridgehead atoms. The predicted molar refractivity (Wildman–Crippen MR) is 81.1 cm³/mol. The maximum absolute atomic E-state index is 10.7. The Morgan fingerprint density at radius 3 is 2.48 bits per heavy atom. The molecule has 110 valence electrons. The van der Waals surface area contributed by atoms with E-state index in [2.05, 4.69) is 0 Å². The van der Waals surface area contributed by atoms with E-state index in [-0.39, 0.29) is 6.42 Å². The Morgan fingerprint density at radius 1 is 1.10 bits per heavy atom.